The maximum Gasteiger partial charge on any atom is 0.338 e. The highest BCUT2D eigenvalue weighted by Gasteiger charge is 2.12. The molecule has 1 aromatic heterocycles. The van der Waals surface area contributed by atoms with Crippen LogP contribution in [-0.2, 0) is 11.3 Å². The molecule has 0 radical (unpaired) electrons. The summed E-state index contributed by atoms with van der Waals surface area (Å²) in [5.41, 5.74) is 1.28. The number of aliphatic hydroxyl groups is 1. The van der Waals surface area contributed by atoms with E-state index in [2.05, 4.69) is 31.3 Å². The Bertz CT molecular complexity index is 912. The lowest BCUT2D eigenvalue weighted by molar-refractivity contribution is 0.0526. The molecule has 1 atom stereocenters. The fourth-order valence-corrected chi connectivity index (χ4v) is 2.63. The van der Waals surface area contributed by atoms with Gasteiger partial charge in [-0.15, -0.1) is 10.2 Å². The molecule has 0 unspecified atom stereocenters. The summed E-state index contributed by atoms with van der Waals surface area (Å²) in [7, 11) is 0. The molecule has 0 aliphatic carbocycles. The van der Waals surface area contributed by atoms with Gasteiger partial charge in [0.15, 0.2) is 0 Å². The summed E-state index contributed by atoms with van der Waals surface area (Å²) in [5.74, 6) is 0.636. The highest BCUT2D eigenvalue weighted by atomic mass is 79.9. The van der Waals surface area contributed by atoms with Crippen molar-refractivity contribution in [2.24, 2.45) is 0 Å². The summed E-state index contributed by atoms with van der Waals surface area (Å²) in [6, 6.07) is 14.1. The number of nitrogens with zero attached hydrogens (tertiary/aromatic N) is 4. The fraction of sp³-hybridized carbons (Fsp3) is 0.263. The van der Waals surface area contributed by atoms with Gasteiger partial charge in [0, 0.05) is 10.0 Å². The summed E-state index contributed by atoms with van der Waals surface area (Å²) in [4.78, 5) is 12.9. The minimum Gasteiger partial charge on any atom is -0.491 e. The van der Waals surface area contributed by atoms with Crippen LogP contribution in [0.5, 0.6) is 5.75 Å². The van der Waals surface area contributed by atoms with Gasteiger partial charge in [-0.3, -0.25) is 0 Å². The molecule has 0 bridgehead atoms. The Labute approximate surface area is 170 Å². The maximum absolute atomic E-state index is 11.6. The van der Waals surface area contributed by atoms with E-state index < -0.39 is 6.10 Å². The zero-order valence-corrected chi connectivity index (χ0v) is 16.7. The van der Waals surface area contributed by atoms with Gasteiger partial charge in [0.2, 0.25) is 5.82 Å². The summed E-state index contributed by atoms with van der Waals surface area (Å²) in [6.45, 7) is 2.27. The van der Waals surface area contributed by atoms with E-state index in [4.69, 9.17) is 9.47 Å². The van der Waals surface area contributed by atoms with Crippen LogP contribution in [0.1, 0.15) is 17.3 Å². The third kappa shape index (κ3) is 5.37. The number of carbonyl (C=O) groups is 1. The van der Waals surface area contributed by atoms with Crippen LogP contribution in [0, 0.1) is 0 Å². The van der Waals surface area contributed by atoms with Gasteiger partial charge in [0.05, 0.1) is 18.7 Å². The quantitative estimate of drug-likeness (QED) is 0.530. The molecule has 9 heteroatoms. The Hall–Kier alpha value is -2.78. The van der Waals surface area contributed by atoms with Gasteiger partial charge in [-0.25, -0.2) is 4.79 Å². The summed E-state index contributed by atoms with van der Waals surface area (Å²) in [5, 5.41) is 22.4. The van der Waals surface area contributed by atoms with Gasteiger partial charge < -0.3 is 14.6 Å². The molecule has 146 valence electrons. The van der Waals surface area contributed by atoms with Gasteiger partial charge in [0.1, 0.15) is 18.5 Å². The van der Waals surface area contributed by atoms with Crippen molar-refractivity contribution in [3.8, 4) is 17.1 Å². The Morgan fingerprint density at radius 2 is 1.89 bits per heavy atom. The third-order valence-electron chi connectivity index (χ3n) is 3.74. The molecule has 0 aliphatic rings. The van der Waals surface area contributed by atoms with E-state index in [1.807, 2.05) is 24.3 Å². The normalized spacial score (nSPS) is 11.8. The molecular formula is C19H19BrN4O4. The van der Waals surface area contributed by atoms with Crippen molar-refractivity contribution in [2.45, 2.75) is 19.6 Å². The highest BCUT2D eigenvalue weighted by Crippen LogP contribution is 2.17. The monoisotopic (exact) mass is 446 g/mol. The number of carbonyl (C=O) groups excluding carboxylic acids is 1. The number of rotatable bonds is 8. The number of halogens is 1. The second-order valence-electron chi connectivity index (χ2n) is 5.88. The number of ether oxygens (including phenoxy) is 2. The Morgan fingerprint density at radius 1 is 1.18 bits per heavy atom. The van der Waals surface area contributed by atoms with Crippen molar-refractivity contribution in [2.75, 3.05) is 13.2 Å². The Morgan fingerprint density at radius 3 is 2.57 bits per heavy atom. The second-order valence-corrected chi connectivity index (χ2v) is 6.80. The van der Waals surface area contributed by atoms with Crippen molar-refractivity contribution in [1.82, 2.24) is 20.2 Å². The van der Waals surface area contributed by atoms with Crippen molar-refractivity contribution < 1.29 is 19.4 Å². The number of aromatic nitrogens is 4. The van der Waals surface area contributed by atoms with E-state index in [0.29, 0.717) is 23.7 Å². The maximum atomic E-state index is 11.6. The van der Waals surface area contributed by atoms with Crippen molar-refractivity contribution in [1.29, 1.82) is 0 Å². The number of benzene rings is 2. The van der Waals surface area contributed by atoms with Gasteiger partial charge in [0.25, 0.3) is 0 Å². The lowest BCUT2D eigenvalue weighted by Crippen LogP contribution is -2.25. The topological polar surface area (TPSA) is 99.4 Å². The number of hydrogen-bond donors (Lipinski definition) is 1. The average molecular weight is 447 g/mol. The number of aliphatic hydroxyl groups excluding tert-OH is 1. The molecule has 0 saturated heterocycles. The van der Waals surface area contributed by atoms with Crippen LogP contribution < -0.4 is 4.74 Å². The second kappa shape index (κ2) is 9.43. The highest BCUT2D eigenvalue weighted by molar-refractivity contribution is 9.10. The molecule has 0 aliphatic heterocycles. The van der Waals surface area contributed by atoms with Crippen LogP contribution in [0.3, 0.4) is 0 Å². The van der Waals surface area contributed by atoms with Crippen LogP contribution in [0.15, 0.2) is 53.0 Å². The molecule has 1 N–H and O–H groups in total. The number of tetrazole rings is 1. The van der Waals surface area contributed by atoms with Crippen LogP contribution in [-0.4, -0.2) is 50.6 Å². The van der Waals surface area contributed by atoms with Crippen molar-refractivity contribution >= 4 is 21.9 Å². The summed E-state index contributed by atoms with van der Waals surface area (Å²) >= 11 is 3.38. The van der Waals surface area contributed by atoms with Crippen LogP contribution in [0.2, 0.25) is 0 Å². The molecule has 8 nitrogen and oxygen atoms in total. The molecule has 3 rings (SSSR count). The van der Waals surface area contributed by atoms with E-state index in [1.54, 1.807) is 31.2 Å². The summed E-state index contributed by atoms with van der Waals surface area (Å²) < 4.78 is 11.4. The molecule has 0 amide bonds. The van der Waals surface area contributed by atoms with E-state index in [1.165, 1.54) is 4.80 Å². The zero-order valence-electron chi connectivity index (χ0n) is 15.2. The number of hydrogen-bond acceptors (Lipinski definition) is 7. The Kier molecular flexibility index (Phi) is 6.72. The standard InChI is InChI=1S/C19H19BrN4O4/c1-2-27-19(26)14-5-9-17(10-6-14)28-12-16(25)11-24-22-18(21-23-24)13-3-7-15(20)8-4-13/h3-10,16,25H,2,11-12H2,1H3/t16-/m0/s1. The molecule has 28 heavy (non-hydrogen) atoms. The minimum absolute atomic E-state index is 0.0495. The van der Waals surface area contributed by atoms with Crippen molar-refractivity contribution in [3.63, 3.8) is 0 Å². The molecule has 0 fully saturated rings. The number of esters is 1. The largest absolute Gasteiger partial charge is 0.491 e. The van der Waals surface area contributed by atoms with Gasteiger partial charge in [-0.2, -0.15) is 4.80 Å². The molecule has 3 aromatic rings. The van der Waals surface area contributed by atoms with Crippen molar-refractivity contribution in [3.05, 3.63) is 58.6 Å². The Balaban J connectivity index is 1.51. The zero-order chi connectivity index (χ0) is 19.9. The predicted molar refractivity (Wildman–Crippen MR) is 105 cm³/mol. The van der Waals surface area contributed by atoms with Crippen LogP contribution >= 0.6 is 15.9 Å². The fourth-order valence-electron chi connectivity index (χ4n) is 2.37. The molecule has 2 aromatic carbocycles. The van der Waals surface area contributed by atoms with Gasteiger partial charge >= 0.3 is 5.97 Å². The predicted octanol–water partition coefficient (Wildman–Crippen LogP) is 2.72. The summed E-state index contributed by atoms with van der Waals surface area (Å²) in [6.07, 6.45) is -0.822. The van der Waals surface area contributed by atoms with Crippen LogP contribution in [0.25, 0.3) is 11.4 Å². The first-order chi connectivity index (χ1) is 13.5. The molecule has 0 spiro atoms. The SMILES string of the molecule is CCOC(=O)c1ccc(OC[C@@H](O)Cn2nnc(-c3ccc(Br)cc3)n2)cc1. The smallest absolute Gasteiger partial charge is 0.338 e. The van der Waals surface area contributed by atoms with Crippen LogP contribution in [0.4, 0.5) is 0 Å². The van der Waals surface area contributed by atoms with Gasteiger partial charge in [-0.05, 0) is 60.7 Å². The molecule has 1 heterocycles. The molecular weight excluding hydrogens is 428 g/mol. The third-order valence-corrected chi connectivity index (χ3v) is 4.27. The first kappa shape index (κ1) is 20.0. The minimum atomic E-state index is -0.822. The average Bonchev–Trinajstić information content (AvgIpc) is 3.16. The lowest BCUT2D eigenvalue weighted by atomic mass is 10.2. The first-order valence-electron chi connectivity index (χ1n) is 8.67. The van der Waals surface area contributed by atoms with Gasteiger partial charge in [-0.1, -0.05) is 15.9 Å². The first-order valence-corrected chi connectivity index (χ1v) is 9.46. The van der Waals surface area contributed by atoms with E-state index in [-0.39, 0.29) is 19.1 Å². The lowest BCUT2D eigenvalue weighted by Gasteiger charge is -2.11. The van der Waals surface area contributed by atoms with E-state index in [0.717, 1.165) is 10.0 Å². The van der Waals surface area contributed by atoms with E-state index in [9.17, 15) is 9.90 Å². The molecule has 0 saturated carbocycles. The van der Waals surface area contributed by atoms with E-state index >= 15 is 0 Å².